The van der Waals surface area contributed by atoms with E-state index in [1.807, 2.05) is 0 Å². The lowest BCUT2D eigenvalue weighted by Crippen LogP contribution is -2.54. The van der Waals surface area contributed by atoms with Gasteiger partial charge in [-0.15, -0.1) is 0 Å². The van der Waals surface area contributed by atoms with Crippen molar-refractivity contribution in [3.63, 3.8) is 0 Å². The Morgan fingerprint density at radius 3 is 2.23 bits per heavy atom. The summed E-state index contributed by atoms with van der Waals surface area (Å²) in [5.41, 5.74) is -1.34. The highest BCUT2D eigenvalue weighted by Crippen LogP contribution is 2.51. The Kier molecular flexibility index (Phi) is 18.3. The number of carbonyl (C=O) groups is 5. The molecule has 1 aromatic rings. The number of benzene rings is 1. The fourth-order valence-corrected chi connectivity index (χ4v) is 11.0. The molecule has 2 amide bonds. The summed E-state index contributed by atoms with van der Waals surface area (Å²) in [6.07, 6.45) is 3.54. The van der Waals surface area contributed by atoms with Gasteiger partial charge in [-0.2, -0.15) is 0 Å². The largest absolute Gasteiger partial charge is 0.507 e. The topological polar surface area (TPSA) is 278 Å². The molecule has 22 heteroatoms. The third kappa shape index (κ3) is 12.1. The summed E-state index contributed by atoms with van der Waals surface area (Å²) in [4.78, 5) is 75.4. The van der Waals surface area contributed by atoms with Gasteiger partial charge in [0.2, 0.25) is 5.91 Å². The van der Waals surface area contributed by atoms with E-state index in [-0.39, 0.29) is 45.7 Å². The Morgan fingerprint density at radius 1 is 0.959 bits per heavy atom. The van der Waals surface area contributed by atoms with Crippen molar-refractivity contribution in [2.75, 3.05) is 26.7 Å². The summed E-state index contributed by atoms with van der Waals surface area (Å²) in [7, 11) is 0.259. The first-order valence-electron chi connectivity index (χ1n) is 24.6. The normalized spacial score (nSPS) is 31.7. The second kappa shape index (κ2) is 23.5. The number of piperidine rings is 1. The number of phenols is 1. The van der Waals surface area contributed by atoms with Crippen molar-refractivity contribution in [3.8, 4) is 11.5 Å². The molecule has 20 nitrogen and oxygen atoms in total. The second-order valence-corrected chi connectivity index (χ2v) is 22.2. The number of carbonyl (C=O) groups excluding carboxylic acids is 5. The number of rotatable bonds is 11. The number of hydrogen-bond acceptors (Lipinski definition) is 18. The molecule has 398 valence electrons. The molecule has 1 unspecified atom stereocenters. The lowest BCUT2D eigenvalue weighted by atomic mass is 9.78. The summed E-state index contributed by atoms with van der Waals surface area (Å²) in [5, 5.41) is 45.1. The van der Waals surface area contributed by atoms with Crippen LogP contribution in [0.5, 0.6) is 11.5 Å². The van der Waals surface area contributed by atoms with Gasteiger partial charge in [-0.3, -0.25) is 43.4 Å². The van der Waals surface area contributed by atoms with E-state index in [1.165, 1.54) is 46.3 Å². The number of aromatic hydroxyl groups is 1. The molecule has 5 bridgehead atoms. The van der Waals surface area contributed by atoms with Crippen molar-refractivity contribution < 1.29 is 72.1 Å². The van der Waals surface area contributed by atoms with E-state index in [4.69, 9.17) is 28.7 Å². The van der Waals surface area contributed by atoms with Gasteiger partial charge in [-0.1, -0.05) is 59.8 Å². The van der Waals surface area contributed by atoms with Crippen molar-refractivity contribution in [2.45, 2.75) is 142 Å². The number of ketones is 1. The minimum atomic E-state index is -2.01. The summed E-state index contributed by atoms with van der Waals surface area (Å²) in [6.45, 7) is 19.1. The number of nitrogens with zero attached hydrogens (tertiary/aromatic N) is 2. The highest BCUT2D eigenvalue weighted by atomic mass is 31.1. The third-order valence-electron chi connectivity index (χ3n) is 14.4. The molecule has 1 saturated heterocycles. The predicted octanol–water partition coefficient (Wildman–Crippen LogP) is 6.13. The number of esters is 2. The van der Waals surface area contributed by atoms with Crippen LogP contribution in [0.1, 0.15) is 115 Å². The maximum Gasteiger partial charge on any atom is 0.312 e. The molecule has 1 aliphatic carbocycles. The minimum Gasteiger partial charge on any atom is -0.507 e. The molecule has 4 aliphatic heterocycles. The first kappa shape index (κ1) is 56.9. The number of methoxy groups -OCH3 is 1. The van der Waals surface area contributed by atoms with Crippen molar-refractivity contribution in [2.24, 2.45) is 34.6 Å². The summed E-state index contributed by atoms with van der Waals surface area (Å²) in [5.74, 6) is -8.88. The maximum absolute atomic E-state index is 14.9. The van der Waals surface area contributed by atoms with Gasteiger partial charge in [-0.25, -0.2) is 0 Å². The van der Waals surface area contributed by atoms with Gasteiger partial charge in [0.25, 0.3) is 11.7 Å². The molecule has 0 saturated carbocycles. The van der Waals surface area contributed by atoms with Gasteiger partial charge in [-0.05, 0) is 38.7 Å². The van der Waals surface area contributed by atoms with Crippen LogP contribution in [0.15, 0.2) is 46.8 Å². The van der Waals surface area contributed by atoms with Gasteiger partial charge in [0.05, 0.1) is 53.5 Å². The fraction of sp³-hybridized carbons (Fsp3) is 0.608. The number of allylic oxidation sites excluding steroid dienone is 2. The molecule has 6 N–H and O–H groups in total. The maximum atomic E-state index is 14.9. The number of phenolic OH excluding ortho intramolecular Hbond substituents is 1. The van der Waals surface area contributed by atoms with Crippen LogP contribution in [0, 0.1) is 36.5 Å². The number of amides is 2. The number of aliphatic hydroxyl groups excluding tert-OH is 2. The number of Topliss-reactive ketones (excluding diaryl/α,β-unsaturated/α-hetero) is 1. The Hall–Kier alpha value is -5.36. The van der Waals surface area contributed by atoms with Crippen LogP contribution in [0.4, 0.5) is 0 Å². The average Bonchev–Trinajstić information content (AvgIpc) is 3.85. The second-order valence-electron chi connectivity index (χ2n) is 20.3. The number of ether oxygens (including phenoxy) is 5. The van der Waals surface area contributed by atoms with Crippen molar-refractivity contribution in [3.05, 3.63) is 64.1 Å². The van der Waals surface area contributed by atoms with E-state index in [9.17, 15) is 48.4 Å². The summed E-state index contributed by atoms with van der Waals surface area (Å²) >= 11 is 0. The lowest BCUT2D eigenvalue weighted by Gasteiger charge is -2.39. The summed E-state index contributed by atoms with van der Waals surface area (Å²) in [6, 6.07) is -0.946. The molecule has 1 aromatic carbocycles. The van der Waals surface area contributed by atoms with Crippen LogP contribution in [0.3, 0.4) is 0 Å². The quantitative estimate of drug-likeness (QED) is 0.107. The van der Waals surface area contributed by atoms with Gasteiger partial charge in [0.1, 0.15) is 35.1 Å². The first-order valence-corrected chi connectivity index (χ1v) is 26.4. The first-order chi connectivity index (χ1) is 34.4. The molecule has 73 heavy (non-hydrogen) atoms. The molecule has 1 spiro atoms. The monoisotopic (exact) mass is 1050 g/mol. The number of hydrogen-bond donors (Lipinski definition) is 6. The molecular formula is C51H69N5O15P2. The molecule has 5 aliphatic rings. The van der Waals surface area contributed by atoms with Crippen molar-refractivity contribution >= 4 is 57.9 Å². The van der Waals surface area contributed by atoms with Gasteiger partial charge >= 0.3 is 17.7 Å². The molecule has 1 fully saturated rings. The Morgan fingerprint density at radius 2 is 1.62 bits per heavy atom. The number of fused-ring (bicyclic) bond motifs is 3. The highest BCUT2D eigenvalue weighted by Gasteiger charge is 2.55. The van der Waals surface area contributed by atoms with Crippen LogP contribution in [-0.4, -0.2) is 130 Å². The molecule has 6 rings (SSSR count). The zero-order valence-electron chi connectivity index (χ0n) is 43.2. The fourth-order valence-electron chi connectivity index (χ4n) is 10.4. The lowest BCUT2D eigenvalue weighted by molar-refractivity contribution is -0.165. The minimum absolute atomic E-state index is 0.0142. The summed E-state index contributed by atoms with van der Waals surface area (Å²) < 4.78 is 52.6. The number of nitrogens with one attached hydrogen (secondary N) is 3. The van der Waals surface area contributed by atoms with Crippen LogP contribution in [0.2, 0.25) is 0 Å². The van der Waals surface area contributed by atoms with E-state index >= 15 is 0 Å². The van der Waals surface area contributed by atoms with Gasteiger partial charge in [0, 0.05) is 87.4 Å². The number of likely N-dealkylation sites (tertiary alicyclic amines) is 1. The van der Waals surface area contributed by atoms with E-state index < -0.39 is 135 Å². The zero-order valence-corrected chi connectivity index (χ0v) is 45.0. The standard InChI is InChI=1S/C51H69N5O15P2/c1-24(2)23-56-20-18-51(19-21-56)54-38-35-36-42(61)30(8)46-37(35)47(63)50(10,71-46)68-22-17-32(67-11)27(5)45(69-31(9)57)29(7)41(60)28(6)44(70-34(59)16-15-33(58)52-49(72-65)73-66)25(3)13-12-14-26(4)48(64)53-40(43(36)62)39(38)55-51/h12-14,17,22,24-25,27-29,32,39,41,44-45,49,55,60-62H,15-16,18-21,23H2,1-11H3,(H,52,58)(H,53,64)/b13-12+,22-17+,26-14-/t25-,27+,28-,29+,32-,39?,41+,44-,45+,50-/m0/s1. The van der Waals surface area contributed by atoms with Crippen molar-refractivity contribution in [1.29, 1.82) is 0 Å². The molecule has 4 heterocycles. The number of aliphatic imine (C=N–C) groups is 1. The van der Waals surface area contributed by atoms with Crippen LogP contribution >= 0.6 is 16.9 Å². The average molecular weight is 1050 g/mol. The molecule has 0 radical (unpaired) electrons. The van der Waals surface area contributed by atoms with E-state index in [1.54, 1.807) is 46.8 Å². The van der Waals surface area contributed by atoms with Gasteiger partial charge < -0.3 is 54.5 Å². The Labute approximate surface area is 428 Å². The third-order valence-corrected chi connectivity index (χ3v) is 15.7. The zero-order chi connectivity index (χ0) is 53.9. The van der Waals surface area contributed by atoms with Crippen LogP contribution < -0.4 is 20.7 Å². The van der Waals surface area contributed by atoms with E-state index in [0.29, 0.717) is 37.6 Å². The molecule has 0 aromatic heterocycles. The highest BCUT2D eigenvalue weighted by molar-refractivity contribution is 7.44. The molecule has 10 atom stereocenters. The van der Waals surface area contributed by atoms with E-state index in [0.717, 1.165) is 6.54 Å². The number of aliphatic hydroxyl groups is 2. The SMILES string of the molecule is CO[C@H]1/C=C/O[C@@]2(C)Oc3c(C)c(O)c4c(c3C2=O)C2=NC3(CCN(CC(C)C)CC3)NC2C(=C4O)NC(=O)/C(C)=C\C=C\[C@H](C)[C@H](OC(=O)CCC(=O)NC(P=O)P=O)[C@@H](C)[C@@H](O)[C@@H](C)[C@H](OC(C)=O)[C@@H]1C. The van der Waals surface area contributed by atoms with Crippen LogP contribution in [-0.2, 0) is 47.3 Å². The van der Waals surface area contributed by atoms with Crippen molar-refractivity contribution in [1.82, 2.24) is 20.9 Å². The van der Waals surface area contributed by atoms with Gasteiger partial charge in [0.15, 0.2) is 22.4 Å². The predicted molar refractivity (Wildman–Crippen MR) is 269 cm³/mol. The smallest absolute Gasteiger partial charge is 0.312 e. The van der Waals surface area contributed by atoms with E-state index in [2.05, 4.69) is 34.7 Å². The van der Waals surface area contributed by atoms with Crippen LogP contribution in [0.25, 0.3) is 5.76 Å². The Bertz CT molecular complexity index is 2510. The Balaban J connectivity index is 1.45. The molecular weight excluding hydrogens is 985 g/mol.